The molecule has 1 aromatic carbocycles. The Labute approximate surface area is 198 Å². The fourth-order valence-electron chi connectivity index (χ4n) is 8.12. The summed E-state index contributed by atoms with van der Waals surface area (Å²) in [6.45, 7) is 7.48. The molecule has 0 amide bonds. The first-order chi connectivity index (χ1) is 16.2. The van der Waals surface area contributed by atoms with E-state index in [0.717, 1.165) is 32.1 Å². The molecule has 0 radical (unpaired) electrons. The summed E-state index contributed by atoms with van der Waals surface area (Å²) in [7, 11) is 0. The molecule has 3 unspecified atom stereocenters. The van der Waals surface area contributed by atoms with E-state index in [0.29, 0.717) is 24.7 Å². The van der Waals surface area contributed by atoms with E-state index in [-0.39, 0.29) is 46.1 Å². The Bertz CT molecular complexity index is 1040. The van der Waals surface area contributed by atoms with Crippen LogP contribution in [0.3, 0.4) is 0 Å². The Balaban J connectivity index is 1.27. The highest BCUT2D eigenvalue weighted by molar-refractivity contribution is 5.91. The van der Waals surface area contributed by atoms with Gasteiger partial charge in [-0.15, -0.1) is 0 Å². The van der Waals surface area contributed by atoms with Gasteiger partial charge >= 0.3 is 5.97 Å². The highest BCUT2D eigenvalue weighted by atomic mass is 19.1. The van der Waals surface area contributed by atoms with E-state index < -0.39 is 17.9 Å². The SMILES string of the molecule is CC12CC[C@@H]3[C@]4(C)COC(c5c(F)cccc5F)O[C@@H]4CC[C@@]3(C)[C@@H]1CC(C1=CCOC1=O)O2. The zero-order chi connectivity index (χ0) is 23.9. The van der Waals surface area contributed by atoms with E-state index in [1.54, 1.807) is 0 Å². The summed E-state index contributed by atoms with van der Waals surface area (Å²) in [5, 5.41) is 0. The van der Waals surface area contributed by atoms with Crippen LogP contribution < -0.4 is 0 Å². The number of carbonyl (C=O) groups excluding carboxylic acids is 1. The van der Waals surface area contributed by atoms with Gasteiger partial charge in [-0.2, -0.15) is 0 Å². The lowest BCUT2D eigenvalue weighted by atomic mass is 9.44. The van der Waals surface area contributed by atoms with Crippen LogP contribution in [0.15, 0.2) is 29.8 Å². The lowest BCUT2D eigenvalue weighted by Gasteiger charge is -2.64. The Morgan fingerprint density at radius 3 is 2.47 bits per heavy atom. The van der Waals surface area contributed by atoms with Crippen LogP contribution in [0.1, 0.15) is 64.7 Å². The predicted octanol–water partition coefficient (Wildman–Crippen LogP) is 5.24. The fraction of sp³-hybridized carbons (Fsp3) is 0.667. The van der Waals surface area contributed by atoms with Gasteiger partial charge in [-0.1, -0.05) is 19.9 Å². The van der Waals surface area contributed by atoms with Crippen LogP contribution in [0.4, 0.5) is 8.78 Å². The number of hydrogen-bond donors (Lipinski definition) is 0. The monoisotopic (exact) mass is 474 g/mol. The van der Waals surface area contributed by atoms with Crippen LogP contribution in [0.2, 0.25) is 0 Å². The Morgan fingerprint density at radius 2 is 1.76 bits per heavy atom. The number of esters is 1. The topological polar surface area (TPSA) is 54.0 Å². The van der Waals surface area contributed by atoms with Gasteiger partial charge in [-0.3, -0.25) is 0 Å². The van der Waals surface area contributed by atoms with Crippen molar-refractivity contribution in [3.05, 3.63) is 47.0 Å². The zero-order valence-electron chi connectivity index (χ0n) is 19.9. The molecule has 3 heterocycles. The van der Waals surface area contributed by atoms with Crippen molar-refractivity contribution in [2.75, 3.05) is 13.2 Å². The molecule has 5 aliphatic rings. The summed E-state index contributed by atoms with van der Waals surface area (Å²) < 4.78 is 52.9. The van der Waals surface area contributed by atoms with Gasteiger partial charge in [0.1, 0.15) is 18.2 Å². The van der Waals surface area contributed by atoms with Gasteiger partial charge in [0.2, 0.25) is 0 Å². The molecule has 8 atom stereocenters. The van der Waals surface area contributed by atoms with Gasteiger partial charge in [-0.25, -0.2) is 13.6 Å². The molecule has 6 rings (SSSR count). The van der Waals surface area contributed by atoms with Crippen LogP contribution >= 0.6 is 0 Å². The lowest BCUT2D eigenvalue weighted by molar-refractivity contribution is -0.315. The van der Waals surface area contributed by atoms with E-state index in [4.69, 9.17) is 18.9 Å². The standard InChI is InChI=1S/C27H32F2O5/c1-25-10-8-21-26(2,14-32-24(33-21)22-16(28)5-4-6-17(22)29)19(25)7-11-27(3)20(25)13-18(34-27)15-9-12-31-23(15)30/h4-6,9,18-21,24H,7-8,10-14H2,1-3H3/t18?,19-,20-,21+,24?,25+,26-,27?/m0/s1. The molecule has 2 saturated carbocycles. The number of cyclic esters (lactones) is 1. The minimum atomic E-state index is -1.03. The maximum absolute atomic E-state index is 14.4. The smallest absolute Gasteiger partial charge is 0.336 e. The average Bonchev–Trinajstić information content (AvgIpc) is 3.37. The van der Waals surface area contributed by atoms with Crippen LogP contribution in [-0.2, 0) is 23.7 Å². The number of ether oxygens (including phenoxy) is 4. The average molecular weight is 475 g/mol. The van der Waals surface area contributed by atoms with Crippen molar-refractivity contribution < 1.29 is 32.5 Å². The molecule has 2 aliphatic carbocycles. The summed E-state index contributed by atoms with van der Waals surface area (Å²) in [4.78, 5) is 12.2. The Morgan fingerprint density at radius 1 is 1.00 bits per heavy atom. The third-order valence-corrected chi connectivity index (χ3v) is 9.77. The van der Waals surface area contributed by atoms with Gasteiger partial charge in [0.15, 0.2) is 6.29 Å². The molecule has 0 bridgehead atoms. The Hall–Kier alpha value is -1.83. The van der Waals surface area contributed by atoms with E-state index in [9.17, 15) is 13.6 Å². The minimum absolute atomic E-state index is 0.0150. The Kier molecular flexibility index (Phi) is 5.05. The molecule has 0 spiro atoms. The molecule has 184 valence electrons. The molecule has 4 fully saturated rings. The highest BCUT2D eigenvalue weighted by Crippen LogP contribution is 2.67. The van der Waals surface area contributed by atoms with Crippen molar-refractivity contribution in [1.29, 1.82) is 0 Å². The second-order valence-electron chi connectivity index (χ2n) is 11.5. The first kappa shape index (κ1) is 22.6. The summed E-state index contributed by atoms with van der Waals surface area (Å²) in [6, 6.07) is 3.83. The van der Waals surface area contributed by atoms with Crippen molar-refractivity contribution >= 4 is 5.97 Å². The zero-order valence-corrected chi connectivity index (χ0v) is 19.9. The summed E-state index contributed by atoms with van der Waals surface area (Å²) in [6.07, 6.45) is 4.84. The quantitative estimate of drug-likeness (QED) is 0.549. The van der Waals surface area contributed by atoms with E-state index >= 15 is 0 Å². The van der Waals surface area contributed by atoms with Crippen LogP contribution in [0.25, 0.3) is 0 Å². The van der Waals surface area contributed by atoms with Crippen molar-refractivity contribution in [2.24, 2.45) is 22.7 Å². The first-order valence-corrected chi connectivity index (χ1v) is 12.4. The van der Waals surface area contributed by atoms with Gasteiger partial charge in [0.05, 0.1) is 35.6 Å². The molecule has 7 heteroatoms. The molecule has 34 heavy (non-hydrogen) atoms. The molecular formula is C27H32F2O5. The van der Waals surface area contributed by atoms with Crippen LogP contribution in [0.5, 0.6) is 0 Å². The highest BCUT2D eigenvalue weighted by Gasteiger charge is 2.66. The van der Waals surface area contributed by atoms with Gasteiger partial charge in [0.25, 0.3) is 0 Å². The summed E-state index contributed by atoms with van der Waals surface area (Å²) in [5.74, 6) is -0.939. The number of fused-ring (bicyclic) bond motifs is 5. The number of rotatable bonds is 2. The van der Waals surface area contributed by atoms with Crippen molar-refractivity contribution in [3.63, 3.8) is 0 Å². The second kappa shape index (κ2) is 7.58. The largest absolute Gasteiger partial charge is 0.458 e. The molecule has 2 saturated heterocycles. The normalized spacial score (nSPS) is 45.7. The third-order valence-electron chi connectivity index (χ3n) is 9.77. The molecule has 3 aliphatic heterocycles. The first-order valence-electron chi connectivity index (χ1n) is 12.4. The molecule has 1 aromatic rings. The van der Waals surface area contributed by atoms with E-state index in [2.05, 4.69) is 20.8 Å². The molecular weight excluding hydrogens is 442 g/mol. The van der Waals surface area contributed by atoms with Crippen LogP contribution in [-0.4, -0.2) is 37.0 Å². The predicted molar refractivity (Wildman–Crippen MR) is 119 cm³/mol. The van der Waals surface area contributed by atoms with E-state index in [1.807, 2.05) is 6.08 Å². The number of hydrogen-bond acceptors (Lipinski definition) is 5. The second-order valence-corrected chi connectivity index (χ2v) is 11.5. The summed E-state index contributed by atoms with van der Waals surface area (Å²) >= 11 is 0. The molecule has 5 nitrogen and oxygen atoms in total. The van der Waals surface area contributed by atoms with Gasteiger partial charge < -0.3 is 18.9 Å². The maximum atomic E-state index is 14.4. The van der Waals surface area contributed by atoms with Crippen molar-refractivity contribution in [2.45, 2.75) is 77.0 Å². The number of benzene rings is 1. The maximum Gasteiger partial charge on any atom is 0.336 e. The summed E-state index contributed by atoms with van der Waals surface area (Å²) in [5.41, 5.74) is -0.0553. The number of carbonyl (C=O) groups is 1. The minimum Gasteiger partial charge on any atom is -0.458 e. The van der Waals surface area contributed by atoms with Gasteiger partial charge in [-0.05, 0) is 74.5 Å². The lowest BCUT2D eigenvalue weighted by Crippen LogP contribution is -2.63. The van der Waals surface area contributed by atoms with E-state index in [1.165, 1.54) is 18.2 Å². The molecule has 0 N–H and O–H groups in total. The molecule has 0 aromatic heterocycles. The van der Waals surface area contributed by atoms with Crippen molar-refractivity contribution in [3.8, 4) is 0 Å². The van der Waals surface area contributed by atoms with Crippen molar-refractivity contribution in [1.82, 2.24) is 0 Å². The van der Waals surface area contributed by atoms with Gasteiger partial charge in [0, 0.05) is 5.41 Å². The van der Waals surface area contributed by atoms with Crippen LogP contribution in [0, 0.1) is 34.3 Å². The fourth-order valence-corrected chi connectivity index (χ4v) is 8.12. The third kappa shape index (κ3) is 3.09. The number of halogens is 2.